The van der Waals surface area contributed by atoms with E-state index in [0.29, 0.717) is 18.4 Å². The normalized spacial score (nSPS) is 29.5. The molecule has 6 nitrogen and oxygen atoms in total. The van der Waals surface area contributed by atoms with Gasteiger partial charge in [-0.25, -0.2) is 4.79 Å². The zero-order chi connectivity index (χ0) is 15.8. The van der Waals surface area contributed by atoms with E-state index >= 15 is 0 Å². The lowest BCUT2D eigenvalue weighted by atomic mass is 9.94. The lowest BCUT2D eigenvalue weighted by molar-refractivity contribution is 0.0157. The number of likely N-dealkylation sites (tertiary alicyclic amines) is 1. The monoisotopic (exact) mass is 319 g/mol. The minimum absolute atomic E-state index is 0.0270. The maximum atomic E-state index is 12.3. The van der Waals surface area contributed by atoms with Crippen LogP contribution >= 0.6 is 0 Å². The Morgan fingerprint density at radius 3 is 2.52 bits per heavy atom. The van der Waals surface area contributed by atoms with Gasteiger partial charge in [0.25, 0.3) is 10.1 Å². The van der Waals surface area contributed by atoms with Crippen molar-refractivity contribution in [3.63, 3.8) is 0 Å². The van der Waals surface area contributed by atoms with Crippen LogP contribution in [0.15, 0.2) is 0 Å². The molecule has 0 aromatic rings. The number of carbonyl (C=O) groups excluding carboxylic acids is 1. The van der Waals surface area contributed by atoms with E-state index in [-0.39, 0.29) is 18.7 Å². The predicted molar refractivity (Wildman–Crippen MR) is 78.4 cm³/mol. The zero-order valence-electron chi connectivity index (χ0n) is 13.2. The van der Waals surface area contributed by atoms with Gasteiger partial charge in [-0.3, -0.25) is 4.18 Å². The number of carbonyl (C=O) groups is 1. The number of nitrogens with zero attached hydrogens (tertiary/aromatic N) is 1. The number of hydrogen-bond donors (Lipinski definition) is 0. The summed E-state index contributed by atoms with van der Waals surface area (Å²) in [5.74, 6) is 0.755. The number of ether oxygens (including phenoxy) is 1. The molecule has 21 heavy (non-hydrogen) atoms. The highest BCUT2D eigenvalue weighted by Crippen LogP contribution is 2.42. The summed E-state index contributed by atoms with van der Waals surface area (Å²) in [6, 6.07) is -0.206. The van der Waals surface area contributed by atoms with Crippen molar-refractivity contribution in [3.05, 3.63) is 0 Å². The molecule has 0 aromatic heterocycles. The van der Waals surface area contributed by atoms with Crippen molar-refractivity contribution < 1.29 is 22.1 Å². The second kappa shape index (κ2) is 5.76. The molecule has 3 unspecified atom stereocenters. The first-order chi connectivity index (χ1) is 9.57. The lowest BCUT2D eigenvalue weighted by Crippen LogP contribution is -2.44. The number of hydrogen-bond acceptors (Lipinski definition) is 5. The van der Waals surface area contributed by atoms with Crippen molar-refractivity contribution in [2.75, 3.05) is 19.4 Å². The molecule has 1 saturated carbocycles. The molecule has 1 aliphatic heterocycles. The molecule has 2 rings (SSSR count). The quantitative estimate of drug-likeness (QED) is 0.744. The standard InChI is InChI=1S/C14H25NO5S/c1-14(2,3)20-13(16)15-8-10-6-5-7-11(10)12(15)9-19-21(4,17)18/h10-12H,5-9H2,1-4H3. The first-order valence-corrected chi connectivity index (χ1v) is 9.22. The molecule has 2 aliphatic rings. The van der Waals surface area contributed by atoms with Crippen molar-refractivity contribution in [3.8, 4) is 0 Å². The minimum Gasteiger partial charge on any atom is -0.444 e. The van der Waals surface area contributed by atoms with Crippen LogP contribution in [-0.4, -0.2) is 50.5 Å². The van der Waals surface area contributed by atoms with Crippen LogP contribution in [0.3, 0.4) is 0 Å². The number of amides is 1. The van der Waals surface area contributed by atoms with Crippen LogP contribution < -0.4 is 0 Å². The Kier molecular flexibility index (Phi) is 4.54. The van der Waals surface area contributed by atoms with E-state index in [1.54, 1.807) is 4.90 Å². The van der Waals surface area contributed by atoms with Gasteiger partial charge in [-0.1, -0.05) is 6.42 Å². The van der Waals surface area contributed by atoms with E-state index in [2.05, 4.69) is 0 Å². The average Bonchev–Trinajstić information content (AvgIpc) is 2.82. The Bertz CT molecular complexity index is 496. The number of fused-ring (bicyclic) bond motifs is 1. The Hall–Kier alpha value is -0.820. The lowest BCUT2D eigenvalue weighted by Gasteiger charge is -2.30. The van der Waals surface area contributed by atoms with Crippen molar-refractivity contribution >= 4 is 16.2 Å². The number of rotatable bonds is 3. The van der Waals surface area contributed by atoms with Crippen molar-refractivity contribution in [2.24, 2.45) is 11.8 Å². The summed E-state index contributed by atoms with van der Waals surface area (Å²) in [7, 11) is -3.50. The summed E-state index contributed by atoms with van der Waals surface area (Å²) in [5.41, 5.74) is -0.559. The van der Waals surface area contributed by atoms with Gasteiger partial charge in [0.1, 0.15) is 5.60 Å². The zero-order valence-corrected chi connectivity index (χ0v) is 14.0. The van der Waals surface area contributed by atoms with Gasteiger partial charge >= 0.3 is 6.09 Å². The highest BCUT2D eigenvalue weighted by atomic mass is 32.2. The highest BCUT2D eigenvalue weighted by Gasteiger charge is 2.47. The molecule has 1 saturated heterocycles. The van der Waals surface area contributed by atoms with E-state index in [0.717, 1.165) is 25.5 Å². The molecule has 2 fully saturated rings. The largest absolute Gasteiger partial charge is 0.444 e. The average molecular weight is 319 g/mol. The highest BCUT2D eigenvalue weighted by molar-refractivity contribution is 7.85. The Morgan fingerprint density at radius 2 is 1.95 bits per heavy atom. The van der Waals surface area contributed by atoms with Gasteiger partial charge in [0.15, 0.2) is 0 Å². The summed E-state index contributed by atoms with van der Waals surface area (Å²) in [4.78, 5) is 14.0. The molecular weight excluding hydrogens is 294 g/mol. The fraction of sp³-hybridized carbons (Fsp3) is 0.929. The molecule has 1 amide bonds. The van der Waals surface area contributed by atoms with Gasteiger partial charge in [-0.15, -0.1) is 0 Å². The molecule has 1 heterocycles. The Labute approximate surface area is 126 Å². The van der Waals surface area contributed by atoms with Crippen molar-refractivity contribution in [1.82, 2.24) is 4.90 Å². The SMILES string of the molecule is CC(C)(C)OC(=O)N1CC2CCCC2C1COS(C)(=O)=O. The third kappa shape index (κ3) is 4.32. The third-order valence-corrected chi connectivity index (χ3v) is 4.69. The van der Waals surface area contributed by atoms with Gasteiger partial charge < -0.3 is 9.64 Å². The second-order valence-corrected chi connectivity index (χ2v) is 8.69. The van der Waals surface area contributed by atoms with Crippen LogP contribution in [-0.2, 0) is 19.0 Å². The Balaban J connectivity index is 2.09. The summed E-state index contributed by atoms with van der Waals surface area (Å²) in [6.45, 7) is 6.13. The van der Waals surface area contributed by atoms with Crippen molar-refractivity contribution in [1.29, 1.82) is 0 Å². The maximum absolute atomic E-state index is 12.3. The van der Waals surface area contributed by atoms with Crippen LogP contribution in [0.2, 0.25) is 0 Å². The smallest absolute Gasteiger partial charge is 0.410 e. The first kappa shape index (κ1) is 16.5. The molecule has 7 heteroatoms. The predicted octanol–water partition coefficient (Wildman–Crippen LogP) is 2.00. The van der Waals surface area contributed by atoms with Crippen LogP contribution in [0.4, 0.5) is 4.79 Å². The van der Waals surface area contributed by atoms with Crippen molar-refractivity contribution in [2.45, 2.75) is 51.7 Å². The summed E-state index contributed by atoms with van der Waals surface area (Å²) in [6.07, 6.45) is 3.89. The third-order valence-electron chi connectivity index (χ3n) is 4.12. The summed E-state index contributed by atoms with van der Waals surface area (Å²) < 4.78 is 32.8. The Morgan fingerprint density at radius 1 is 1.29 bits per heavy atom. The molecule has 1 aliphatic carbocycles. The van der Waals surface area contributed by atoms with Crippen LogP contribution in [0.5, 0.6) is 0 Å². The minimum atomic E-state index is -3.50. The fourth-order valence-corrected chi connectivity index (χ4v) is 3.74. The van der Waals surface area contributed by atoms with Crippen LogP contribution in [0, 0.1) is 11.8 Å². The van der Waals surface area contributed by atoms with Gasteiger partial charge in [0, 0.05) is 6.54 Å². The van der Waals surface area contributed by atoms with Gasteiger partial charge in [0.05, 0.1) is 18.9 Å². The summed E-state index contributed by atoms with van der Waals surface area (Å²) in [5, 5.41) is 0. The van der Waals surface area contributed by atoms with E-state index in [1.165, 1.54) is 0 Å². The van der Waals surface area contributed by atoms with Crippen LogP contribution in [0.25, 0.3) is 0 Å². The summed E-state index contributed by atoms with van der Waals surface area (Å²) >= 11 is 0. The first-order valence-electron chi connectivity index (χ1n) is 7.41. The second-order valence-electron chi connectivity index (χ2n) is 7.04. The van der Waals surface area contributed by atoms with E-state index < -0.39 is 15.7 Å². The van der Waals surface area contributed by atoms with E-state index in [1.807, 2.05) is 20.8 Å². The molecule has 3 atom stereocenters. The molecule has 0 radical (unpaired) electrons. The molecule has 0 spiro atoms. The van der Waals surface area contributed by atoms with E-state index in [4.69, 9.17) is 8.92 Å². The van der Waals surface area contributed by atoms with Gasteiger partial charge in [0.2, 0.25) is 0 Å². The van der Waals surface area contributed by atoms with Crippen LogP contribution in [0.1, 0.15) is 40.0 Å². The molecular formula is C14H25NO5S. The molecule has 0 bridgehead atoms. The fourth-order valence-electron chi connectivity index (χ4n) is 3.36. The maximum Gasteiger partial charge on any atom is 0.410 e. The molecule has 122 valence electrons. The van der Waals surface area contributed by atoms with Gasteiger partial charge in [-0.2, -0.15) is 8.42 Å². The van der Waals surface area contributed by atoms with E-state index in [9.17, 15) is 13.2 Å². The molecule has 0 aromatic carbocycles. The molecule has 0 N–H and O–H groups in total. The van der Waals surface area contributed by atoms with Gasteiger partial charge in [-0.05, 0) is 45.4 Å². The topological polar surface area (TPSA) is 72.9 Å².